The SMILES string of the molecule is C1=NCC(c2cnc(CC3CCC(Oc4cc(N5CCOCC5)cc5nccnc45)CC3)nc2)=C1. The van der Waals surface area contributed by atoms with Gasteiger partial charge >= 0.3 is 0 Å². The van der Waals surface area contributed by atoms with E-state index in [9.17, 15) is 0 Å². The van der Waals surface area contributed by atoms with Gasteiger partial charge in [0.25, 0.3) is 0 Å². The van der Waals surface area contributed by atoms with Gasteiger partial charge in [0.15, 0.2) is 0 Å². The normalized spacial score (nSPS) is 22.4. The van der Waals surface area contributed by atoms with E-state index >= 15 is 0 Å². The third kappa shape index (κ3) is 5.03. The maximum Gasteiger partial charge on any atom is 0.149 e. The highest BCUT2D eigenvalue weighted by atomic mass is 16.5. The maximum atomic E-state index is 6.56. The van der Waals surface area contributed by atoms with Crippen molar-refractivity contribution in [3.05, 3.63) is 54.4 Å². The van der Waals surface area contributed by atoms with Crippen LogP contribution in [0.25, 0.3) is 16.6 Å². The summed E-state index contributed by atoms with van der Waals surface area (Å²) in [6.07, 6.45) is 16.6. The van der Waals surface area contributed by atoms with Gasteiger partial charge in [0, 0.05) is 67.8 Å². The minimum Gasteiger partial charge on any atom is -0.488 e. The zero-order valence-corrected chi connectivity index (χ0v) is 19.8. The predicted octanol–water partition coefficient (Wildman–Crippen LogP) is 3.90. The second-order valence-corrected chi connectivity index (χ2v) is 9.50. The first kappa shape index (κ1) is 22.1. The van der Waals surface area contributed by atoms with Crippen molar-refractivity contribution in [1.82, 2.24) is 19.9 Å². The van der Waals surface area contributed by atoms with Crippen LogP contribution in [0.15, 0.2) is 48.0 Å². The number of fused-ring (bicyclic) bond motifs is 1. The van der Waals surface area contributed by atoms with Gasteiger partial charge in [-0.15, -0.1) is 0 Å². The van der Waals surface area contributed by atoms with Crippen molar-refractivity contribution in [2.75, 3.05) is 37.7 Å². The van der Waals surface area contributed by atoms with Crippen LogP contribution in [-0.2, 0) is 11.2 Å². The predicted molar refractivity (Wildman–Crippen MR) is 136 cm³/mol. The number of benzene rings is 1. The summed E-state index contributed by atoms with van der Waals surface area (Å²) in [6, 6.07) is 4.24. The topological polar surface area (TPSA) is 85.6 Å². The number of hydrogen-bond donors (Lipinski definition) is 0. The molecule has 35 heavy (non-hydrogen) atoms. The van der Waals surface area contributed by atoms with Crippen molar-refractivity contribution in [2.45, 2.75) is 38.2 Å². The maximum absolute atomic E-state index is 6.56. The van der Waals surface area contributed by atoms with Gasteiger partial charge < -0.3 is 14.4 Å². The van der Waals surface area contributed by atoms with E-state index in [0.717, 1.165) is 98.8 Å². The zero-order valence-electron chi connectivity index (χ0n) is 19.8. The monoisotopic (exact) mass is 470 g/mol. The number of anilines is 1. The fraction of sp³-hybridized carbons (Fsp3) is 0.444. The Hall–Kier alpha value is -3.39. The fourth-order valence-electron chi connectivity index (χ4n) is 5.17. The smallest absolute Gasteiger partial charge is 0.149 e. The average molecular weight is 471 g/mol. The van der Waals surface area contributed by atoms with Crippen molar-refractivity contribution in [3.63, 3.8) is 0 Å². The van der Waals surface area contributed by atoms with Gasteiger partial charge in [-0.1, -0.05) is 0 Å². The molecule has 8 nitrogen and oxygen atoms in total. The Morgan fingerprint density at radius 3 is 2.51 bits per heavy atom. The summed E-state index contributed by atoms with van der Waals surface area (Å²) >= 11 is 0. The highest BCUT2D eigenvalue weighted by molar-refractivity contribution is 5.89. The molecule has 180 valence electrons. The van der Waals surface area contributed by atoms with Gasteiger partial charge in [0.1, 0.15) is 17.1 Å². The molecule has 8 heteroatoms. The Kier molecular flexibility index (Phi) is 6.36. The molecule has 2 aromatic heterocycles. The summed E-state index contributed by atoms with van der Waals surface area (Å²) < 4.78 is 12.1. The molecule has 0 spiro atoms. The molecule has 0 N–H and O–H groups in total. The van der Waals surface area contributed by atoms with Crippen LogP contribution in [0.2, 0.25) is 0 Å². The van der Waals surface area contributed by atoms with Gasteiger partial charge in [0.05, 0.1) is 31.4 Å². The lowest BCUT2D eigenvalue weighted by atomic mass is 9.85. The molecule has 1 saturated heterocycles. The van der Waals surface area contributed by atoms with E-state index in [1.807, 2.05) is 24.7 Å². The minimum atomic E-state index is 0.189. The summed E-state index contributed by atoms with van der Waals surface area (Å²) in [5.74, 6) is 2.35. The lowest BCUT2D eigenvalue weighted by Crippen LogP contribution is -2.36. The molecule has 0 amide bonds. The Balaban J connectivity index is 1.09. The van der Waals surface area contributed by atoms with Crippen LogP contribution in [0, 0.1) is 5.92 Å². The van der Waals surface area contributed by atoms with E-state index in [1.54, 1.807) is 12.4 Å². The highest BCUT2D eigenvalue weighted by Gasteiger charge is 2.25. The van der Waals surface area contributed by atoms with E-state index in [4.69, 9.17) is 9.47 Å². The van der Waals surface area contributed by atoms with Crippen LogP contribution in [0.1, 0.15) is 37.1 Å². The second kappa shape index (κ2) is 10.1. The van der Waals surface area contributed by atoms with Crippen molar-refractivity contribution in [3.8, 4) is 5.75 Å². The van der Waals surface area contributed by atoms with Crippen molar-refractivity contribution in [1.29, 1.82) is 0 Å². The van der Waals surface area contributed by atoms with Gasteiger partial charge in [-0.2, -0.15) is 0 Å². The largest absolute Gasteiger partial charge is 0.488 e. The molecule has 0 unspecified atom stereocenters. The van der Waals surface area contributed by atoms with E-state index < -0.39 is 0 Å². The number of aliphatic imine (C=N–C) groups is 1. The molecule has 2 aliphatic heterocycles. The van der Waals surface area contributed by atoms with Gasteiger partial charge in [0.2, 0.25) is 0 Å². The van der Waals surface area contributed by atoms with Crippen LogP contribution >= 0.6 is 0 Å². The van der Waals surface area contributed by atoms with Crippen molar-refractivity contribution in [2.24, 2.45) is 10.9 Å². The average Bonchev–Trinajstić information content (AvgIpc) is 3.46. The third-order valence-corrected chi connectivity index (χ3v) is 7.18. The number of hydrogen-bond acceptors (Lipinski definition) is 8. The van der Waals surface area contributed by atoms with E-state index in [-0.39, 0.29) is 6.10 Å². The first-order valence-electron chi connectivity index (χ1n) is 12.6. The number of rotatable bonds is 6. The summed E-state index contributed by atoms with van der Waals surface area (Å²) in [6.45, 7) is 3.98. The molecule has 2 fully saturated rings. The molecule has 0 bridgehead atoms. The van der Waals surface area contributed by atoms with Gasteiger partial charge in [-0.25, -0.2) is 15.0 Å². The lowest BCUT2D eigenvalue weighted by Gasteiger charge is -2.31. The Morgan fingerprint density at radius 1 is 0.943 bits per heavy atom. The van der Waals surface area contributed by atoms with Crippen LogP contribution in [0.5, 0.6) is 5.75 Å². The van der Waals surface area contributed by atoms with Crippen molar-refractivity contribution < 1.29 is 9.47 Å². The highest BCUT2D eigenvalue weighted by Crippen LogP contribution is 2.34. The molecule has 3 aliphatic rings. The Labute approximate surface area is 205 Å². The summed E-state index contributed by atoms with van der Waals surface area (Å²) in [4.78, 5) is 25.0. The van der Waals surface area contributed by atoms with E-state index in [0.29, 0.717) is 5.92 Å². The van der Waals surface area contributed by atoms with E-state index in [2.05, 4.69) is 42.0 Å². The molecule has 6 rings (SSSR count). The number of aromatic nitrogens is 4. The lowest BCUT2D eigenvalue weighted by molar-refractivity contribution is 0.122. The second-order valence-electron chi connectivity index (χ2n) is 9.50. The third-order valence-electron chi connectivity index (χ3n) is 7.18. The van der Waals surface area contributed by atoms with Crippen LogP contribution in [0.4, 0.5) is 5.69 Å². The summed E-state index contributed by atoms with van der Waals surface area (Å²) in [7, 11) is 0. The summed E-state index contributed by atoms with van der Waals surface area (Å²) in [5.41, 5.74) is 5.09. The number of ether oxygens (including phenoxy) is 2. The van der Waals surface area contributed by atoms with Gasteiger partial charge in [-0.05, 0) is 49.3 Å². The fourth-order valence-corrected chi connectivity index (χ4v) is 5.17. The van der Waals surface area contributed by atoms with Crippen LogP contribution in [-0.4, -0.2) is 65.1 Å². The first-order valence-corrected chi connectivity index (χ1v) is 12.6. The Morgan fingerprint density at radius 2 is 1.74 bits per heavy atom. The number of allylic oxidation sites excluding steroid dienone is 1. The molecule has 1 saturated carbocycles. The number of nitrogens with zero attached hydrogens (tertiary/aromatic N) is 6. The molecule has 1 aliphatic carbocycles. The standard InChI is InChI=1S/C27H30N6O2/c1-3-23(4-2-19(1)13-26-31-17-21(18-32-26)20-5-6-28-16-20)35-25-15-22(33-9-11-34-12-10-33)14-24-27(25)30-8-7-29-24/h5-8,14-15,17-19,23H,1-4,9-13,16H2. The van der Waals surface area contributed by atoms with Crippen LogP contribution < -0.4 is 9.64 Å². The molecule has 1 aromatic carbocycles. The zero-order chi connectivity index (χ0) is 23.5. The van der Waals surface area contributed by atoms with Crippen molar-refractivity contribution >= 4 is 28.5 Å². The minimum absolute atomic E-state index is 0.189. The van der Waals surface area contributed by atoms with Gasteiger partial charge in [-0.3, -0.25) is 9.98 Å². The van der Waals surface area contributed by atoms with Crippen LogP contribution in [0.3, 0.4) is 0 Å². The molecular formula is C27H30N6O2. The summed E-state index contributed by atoms with van der Waals surface area (Å²) in [5, 5.41) is 0. The Bertz CT molecular complexity index is 1230. The molecule has 3 aromatic rings. The number of morpholine rings is 1. The molecular weight excluding hydrogens is 440 g/mol. The molecule has 0 atom stereocenters. The first-order chi connectivity index (χ1) is 17.3. The quantitative estimate of drug-likeness (QED) is 0.540. The van der Waals surface area contributed by atoms with E-state index in [1.165, 1.54) is 5.57 Å². The molecule has 0 radical (unpaired) electrons. The molecule has 4 heterocycles.